The summed E-state index contributed by atoms with van der Waals surface area (Å²) >= 11 is 6.23. The van der Waals surface area contributed by atoms with Gasteiger partial charge in [-0.2, -0.15) is 0 Å². The fraction of sp³-hybridized carbons (Fsp3) is 0.600. The molecule has 1 fully saturated rings. The van der Waals surface area contributed by atoms with Crippen LogP contribution >= 0.6 is 11.6 Å². The Labute approximate surface area is 189 Å². The predicted octanol–water partition coefficient (Wildman–Crippen LogP) is -0.142. The van der Waals surface area contributed by atoms with Crippen molar-refractivity contribution in [2.24, 2.45) is 5.73 Å². The van der Waals surface area contributed by atoms with E-state index in [0.29, 0.717) is 28.5 Å². The number of aromatic nitrogens is 1. The zero-order valence-electron chi connectivity index (χ0n) is 17.7. The number of hydrogen-bond acceptors (Lipinski definition) is 9. The molecule has 180 valence electrons. The minimum absolute atomic E-state index is 0.0344. The van der Waals surface area contributed by atoms with Gasteiger partial charge in [0.15, 0.2) is 5.58 Å². The molecule has 0 bridgehead atoms. The summed E-state index contributed by atoms with van der Waals surface area (Å²) in [5, 5.41) is 34.2. The lowest BCUT2D eigenvalue weighted by Gasteiger charge is -2.20. The van der Waals surface area contributed by atoms with Gasteiger partial charge in [0.2, 0.25) is 0 Å². The van der Waals surface area contributed by atoms with E-state index in [2.05, 4.69) is 4.90 Å². The number of carbonyl (C=O) groups is 1. The summed E-state index contributed by atoms with van der Waals surface area (Å²) < 4.78 is 12.2. The monoisotopic (exact) mass is 475 g/mol. The highest BCUT2D eigenvalue weighted by molar-refractivity contribution is 6.32. The normalized spacial score (nSPS) is 14.4. The molecule has 0 atom stereocenters. The van der Waals surface area contributed by atoms with E-state index in [1.807, 2.05) is 0 Å². The van der Waals surface area contributed by atoms with Gasteiger partial charge in [-0.05, 0) is 32.0 Å². The molecule has 2 aromatic rings. The fourth-order valence-electron chi connectivity index (χ4n) is 3.04. The number of nitrogens with zero attached hydrogens (tertiary/aromatic N) is 2. The van der Waals surface area contributed by atoms with Gasteiger partial charge >= 0.3 is 11.7 Å². The average molecular weight is 476 g/mol. The standard InChI is InChI=1S/C16H19ClN2O5.C4H11NO3/c17-11-9-12-14(24-16(22)19(12)6-3-15(20)21)10-13(11)23-8-7-18-4-1-2-5-18;5-4(1-6,2-7)3-8/h9-10H,1-8H2,(H,20,21);6-8H,1-3,5H2. The number of rotatable bonds is 10. The van der Waals surface area contributed by atoms with Crippen LogP contribution in [0.5, 0.6) is 5.75 Å². The van der Waals surface area contributed by atoms with Crippen LogP contribution in [0.2, 0.25) is 5.02 Å². The number of ether oxygens (including phenoxy) is 1. The minimum atomic E-state index is -1.21. The zero-order valence-corrected chi connectivity index (χ0v) is 18.5. The Kier molecular flexibility index (Phi) is 9.94. The number of oxazole rings is 1. The summed E-state index contributed by atoms with van der Waals surface area (Å²) in [6, 6.07) is 3.16. The second-order valence-electron chi connectivity index (χ2n) is 7.65. The molecule has 1 aromatic carbocycles. The Morgan fingerprint density at radius 1 is 1.16 bits per heavy atom. The number of aliphatic hydroxyl groups excluding tert-OH is 3. The molecular formula is C20H30ClN3O8. The lowest BCUT2D eigenvalue weighted by molar-refractivity contribution is -0.137. The second kappa shape index (κ2) is 12.2. The molecule has 0 radical (unpaired) electrons. The molecule has 0 aliphatic carbocycles. The number of nitrogens with two attached hydrogens (primary N) is 1. The van der Waals surface area contributed by atoms with Crippen LogP contribution in [0.3, 0.4) is 0 Å². The van der Waals surface area contributed by atoms with Crippen LogP contribution in [0.4, 0.5) is 0 Å². The molecule has 1 saturated heterocycles. The summed E-state index contributed by atoms with van der Waals surface area (Å²) in [5.41, 5.74) is 4.75. The number of aliphatic hydroxyl groups is 3. The number of carboxylic acid groups (broad SMARTS) is 1. The van der Waals surface area contributed by atoms with Crippen molar-refractivity contribution < 1.29 is 34.4 Å². The lowest BCUT2D eigenvalue weighted by atomic mass is 10.1. The molecule has 6 N–H and O–H groups in total. The fourth-order valence-corrected chi connectivity index (χ4v) is 3.25. The molecular weight excluding hydrogens is 446 g/mol. The summed E-state index contributed by atoms with van der Waals surface area (Å²) in [6.07, 6.45) is 2.28. The van der Waals surface area contributed by atoms with Gasteiger partial charge in [-0.1, -0.05) is 11.6 Å². The highest BCUT2D eigenvalue weighted by atomic mass is 35.5. The molecule has 3 rings (SSSR count). The maximum absolute atomic E-state index is 11.9. The number of benzene rings is 1. The van der Waals surface area contributed by atoms with Crippen LogP contribution in [-0.2, 0) is 11.3 Å². The van der Waals surface area contributed by atoms with E-state index in [0.717, 1.165) is 19.6 Å². The maximum atomic E-state index is 11.9. The van der Waals surface area contributed by atoms with E-state index in [1.54, 1.807) is 12.1 Å². The summed E-state index contributed by atoms with van der Waals surface area (Å²) in [5.74, 6) is -1.12. The summed E-state index contributed by atoms with van der Waals surface area (Å²) in [4.78, 5) is 24.9. The van der Waals surface area contributed by atoms with Crippen molar-refractivity contribution in [1.82, 2.24) is 9.47 Å². The molecule has 0 amide bonds. The van der Waals surface area contributed by atoms with Gasteiger partial charge in [-0.3, -0.25) is 14.3 Å². The lowest BCUT2D eigenvalue weighted by Crippen LogP contribution is -2.50. The average Bonchev–Trinajstić information content (AvgIpc) is 3.39. The Morgan fingerprint density at radius 2 is 1.78 bits per heavy atom. The minimum Gasteiger partial charge on any atom is -0.491 e. The molecule has 0 saturated carbocycles. The first-order valence-electron chi connectivity index (χ1n) is 10.2. The molecule has 0 spiro atoms. The van der Waals surface area contributed by atoms with Gasteiger partial charge in [-0.25, -0.2) is 4.79 Å². The molecule has 12 heteroatoms. The Hall–Kier alpha value is -2.15. The molecule has 1 aliphatic rings. The maximum Gasteiger partial charge on any atom is 0.419 e. The van der Waals surface area contributed by atoms with E-state index in [4.69, 9.17) is 46.9 Å². The number of fused-ring (bicyclic) bond motifs is 1. The number of aliphatic carboxylic acids is 1. The van der Waals surface area contributed by atoms with E-state index in [-0.39, 0.29) is 13.0 Å². The van der Waals surface area contributed by atoms with Crippen LogP contribution in [0, 0.1) is 0 Å². The van der Waals surface area contributed by atoms with Crippen molar-refractivity contribution in [2.45, 2.75) is 31.3 Å². The number of likely N-dealkylation sites (tertiary alicyclic amines) is 1. The number of halogens is 1. The molecule has 0 unspecified atom stereocenters. The van der Waals surface area contributed by atoms with E-state index in [9.17, 15) is 9.59 Å². The molecule has 2 heterocycles. The summed E-state index contributed by atoms with van der Waals surface area (Å²) in [6.45, 7) is 2.36. The second-order valence-corrected chi connectivity index (χ2v) is 8.05. The van der Waals surface area contributed by atoms with Gasteiger partial charge in [0.1, 0.15) is 12.4 Å². The quantitative estimate of drug-likeness (QED) is 0.311. The number of carboxylic acids is 1. The Bertz CT molecular complexity index is 927. The van der Waals surface area contributed by atoms with Crippen LogP contribution in [0.25, 0.3) is 11.1 Å². The third-order valence-electron chi connectivity index (χ3n) is 5.08. The Morgan fingerprint density at radius 3 is 2.31 bits per heavy atom. The molecule has 1 aliphatic heterocycles. The van der Waals surface area contributed by atoms with Crippen LogP contribution in [-0.4, -0.2) is 87.5 Å². The first kappa shape index (κ1) is 26.1. The highest BCUT2D eigenvalue weighted by Gasteiger charge is 2.20. The predicted molar refractivity (Wildman–Crippen MR) is 117 cm³/mol. The molecule has 11 nitrogen and oxygen atoms in total. The van der Waals surface area contributed by atoms with E-state index >= 15 is 0 Å². The zero-order chi connectivity index (χ0) is 23.7. The van der Waals surface area contributed by atoms with Crippen molar-refractivity contribution in [3.05, 3.63) is 27.7 Å². The van der Waals surface area contributed by atoms with Crippen LogP contribution in [0.1, 0.15) is 19.3 Å². The highest BCUT2D eigenvalue weighted by Crippen LogP contribution is 2.30. The van der Waals surface area contributed by atoms with Gasteiger partial charge < -0.3 is 35.3 Å². The van der Waals surface area contributed by atoms with E-state index in [1.165, 1.54) is 17.4 Å². The number of aryl methyl sites for hydroxylation is 1. The van der Waals surface area contributed by atoms with Gasteiger partial charge in [0.25, 0.3) is 0 Å². The Balaban J connectivity index is 0.000000390. The number of hydrogen-bond donors (Lipinski definition) is 5. The third kappa shape index (κ3) is 7.19. The van der Waals surface area contributed by atoms with Crippen LogP contribution < -0.4 is 16.2 Å². The van der Waals surface area contributed by atoms with Crippen molar-refractivity contribution >= 4 is 28.7 Å². The first-order valence-corrected chi connectivity index (χ1v) is 10.6. The SMILES string of the molecule is NC(CO)(CO)CO.O=C(O)CCn1c(=O)oc2cc(OCCN3CCCC3)c(Cl)cc21. The van der Waals surface area contributed by atoms with Crippen molar-refractivity contribution in [1.29, 1.82) is 0 Å². The molecule has 32 heavy (non-hydrogen) atoms. The summed E-state index contributed by atoms with van der Waals surface area (Å²) in [7, 11) is 0. The third-order valence-corrected chi connectivity index (χ3v) is 5.38. The van der Waals surface area contributed by atoms with Crippen molar-refractivity contribution in [3.63, 3.8) is 0 Å². The van der Waals surface area contributed by atoms with E-state index < -0.39 is 37.1 Å². The van der Waals surface area contributed by atoms with Crippen molar-refractivity contribution in [3.8, 4) is 5.75 Å². The van der Waals surface area contributed by atoms with Gasteiger partial charge in [0, 0.05) is 19.2 Å². The molecule has 1 aromatic heterocycles. The van der Waals surface area contributed by atoms with Gasteiger partial charge in [0.05, 0.1) is 42.3 Å². The first-order chi connectivity index (χ1) is 15.2. The van der Waals surface area contributed by atoms with Crippen molar-refractivity contribution in [2.75, 3.05) is 46.1 Å². The largest absolute Gasteiger partial charge is 0.491 e. The van der Waals surface area contributed by atoms with Gasteiger partial charge in [-0.15, -0.1) is 0 Å². The van der Waals surface area contributed by atoms with Crippen LogP contribution in [0.15, 0.2) is 21.3 Å². The topological polar surface area (TPSA) is 172 Å². The smallest absolute Gasteiger partial charge is 0.419 e.